The van der Waals surface area contributed by atoms with Gasteiger partial charge in [0.05, 0.1) is 5.70 Å². The number of fused-ring (bicyclic) bond motifs is 1. The molecule has 0 aromatic heterocycles. The molecule has 0 aliphatic carbocycles. The zero-order chi connectivity index (χ0) is 11.8. The highest BCUT2D eigenvalue weighted by molar-refractivity contribution is 8.00. The molecule has 2 aliphatic rings. The second-order valence-corrected chi connectivity index (χ2v) is 5.13. The predicted molar refractivity (Wildman–Crippen MR) is 65.5 cm³/mol. The van der Waals surface area contributed by atoms with Crippen molar-refractivity contribution in [2.24, 2.45) is 0 Å². The van der Waals surface area contributed by atoms with E-state index in [1.54, 1.807) is 23.9 Å². The smallest absolute Gasteiger partial charge is 0.168 e. The molecule has 1 atom stereocenters. The normalized spacial score (nSPS) is 22.6. The molecule has 1 unspecified atom stereocenters. The number of thioether (sulfide) groups is 1. The van der Waals surface area contributed by atoms with E-state index in [1.807, 2.05) is 0 Å². The average molecular weight is 250 g/mol. The van der Waals surface area contributed by atoms with Crippen molar-refractivity contribution in [1.82, 2.24) is 10.2 Å². The van der Waals surface area contributed by atoms with E-state index in [1.165, 1.54) is 12.1 Å². The number of hydrogen-bond acceptors (Lipinski definition) is 4. The Bertz CT molecular complexity index is 486. The molecular weight excluding hydrogens is 239 g/mol. The van der Waals surface area contributed by atoms with Gasteiger partial charge in [0, 0.05) is 17.9 Å². The summed E-state index contributed by atoms with van der Waals surface area (Å²) in [6.07, 6.45) is 0.873. The number of allylic oxidation sites excluding steroid dienone is 1. The third kappa shape index (κ3) is 1.70. The maximum Gasteiger partial charge on any atom is 0.168 e. The number of rotatable bonds is 2. The minimum Gasteiger partial charge on any atom is -0.354 e. The number of nitrogens with zero attached hydrogens (tertiary/aromatic N) is 1. The number of benzene rings is 1. The molecule has 0 spiro atoms. The number of aldehydes is 1. The first-order chi connectivity index (χ1) is 8.29. The summed E-state index contributed by atoms with van der Waals surface area (Å²) in [5, 5.41) is 3.30. The molecule has 5 heteroatoms. The Hall–Kier alpha value is -1.49. The fraction of sp³-hybridized carbons (Fsp3) is 0.250. The van der Waals surface area contributed by atoms with Gasteiger partial charge < -0.3 is 10.2 Å². The molecule has 0 amide bonds. The summed E-state index contributed by atoms with van der Waals surface area (Å²) < 4.78 is 12.9. The molecule has 1 aromatic rings. The van der Waals surface area contributed by atoms with Gasteiger partial charge in [-0.25, -0.2) is 4.39 Å². The van der Waals surface area contributed by atoms with Crippen LogP contribution in [-0.2, 0) is 4.79 Å². The van der Waals surface area contributed by atoms with Gasteiger partial charge in [0.25, 0.3) is 0 Å². The molecule has 1 N–H and O–H groups in total. The molecule has 2 aliphatic heterocycles. The van der Waals surface area contributed by atoms with Crippen LogP contribution in [0.15, 0.2) is 30.0 Å². The second kappa shape index (κ2) is 4.07. The number of halogens is 1. The van der Waals surface area contributed by atoms with Crippen molar-refractivity contribution < 1.29 is 9.18 Å². The van der Waals surface area contributed by atoms with Crippen LogP contribution in [0.25, 0.3) is 5.70 Å². The summed E-state index contributed by atoms with van der Waals surface area (Å²) in [7, 11) is 0. The molecule has 0 radical (unpaired) electrons. The molecule has 17 heavy (non-hydrogen) atoms. The topological polar surface area (TPSA) is 32.3 Å². The molecule has 0 saturated carbocycles. The van der Waals surface area contributed by atoms with E-state index in [4.69, 9.17) is 0 Å². The van der Waals surface area contributed by atoms with E-state index >= 15 is 0 Å². The molecule has 2 heterocycles. The van der Waals surface area contributed by atoms with Crippen LogP contribution >= 0.6 is 11.8 Å². The van der Waals surface area contributed by atoms with Crippen LogP contribution in [0.2, 0.25) is 0 Å². The molecule has 88 valence electrons. The van der Waals surface area contributed by atoms with Gasteiger partial charge >= 0.3 is 0 Å². The SMILES string of the molecule is O=CC1=C(c2ccc(F)cc2)NC2SCCN12. The molecule has 1 fully saturated rings. The third-order valence-electron chi connectivity index (χ3n) is 2.97. The van der Waals surface area contributed by atoms with Crippen LogP contribution in [0.4, 0.5) is 4.39 Å². The highest BCUT2D eigenvalue weighted by Gasteiger charge is 2.35. The first-order valence-electron chi connectivity index (χ1n) is 5.40. The lowest BCUT2D eigenvalue weighted by Gasteiger charge is -2.16. The van der Waals surface area contributed by atoms with Crippen molar-refractivity contribution in [3.63, 3.8) is 0 Å². The van der Waals surface area contributed by atoms with E-state index in [-0.39, 0.29) is 11.3 Å². The molecule has 0 bridgehead atoms. The summed E-state index contributed by atoms with van der Waals surface area (Å²) >= 11 is 1.77. The molecule has 1 aromatic carbocycles. The van der Waals surface area contributed by atoms with Crippen LogP contribution in [0, 0.1) is 5.82 Å². The van der Waals surface area contributed by atoms with Crippen LogP contribution in [0.1, 0.15) is 5.56 Å². The van der Waals surface area contributed by atoms with Gasteiger partial charge in [-0.1, -0.05) is 0 Å². The van der Waals surface area contributed by atoms with Crippen molar-refractivity contribution in [2.45, 2.75) is 5.50 Å². The lowest BCUT2D eigenvalue weighted by atomic mass is 10.1. The van der Waals surface area contributed by atoms with Crippen molar-refractivity contribution in [2.75, 3.05) is 12.3 Å². The Labute approximate surface area is 103 Å². The molecule has 3 rings (SSSR count). The average Bonchev–Trinajstić information content (AvgIpc) is 2.89. The van der Waals surface area contributed by atoms with Crippen LogP contribution in [0.5, 0.6) is 0 Å². The molecular formula is C12H11FN2OS. The highest BCUT2D eigenvalue weighted by Crippen LogP contribution is 2.35. The van der Waals surface area contributed by atoms with Crippen LogP contribution < -0.4 is 5.32 Å². The Kier molecular flexibility index (Phi) is 2.55. The van der Waals surface area contributed by atoms with E-state index in [0.717, 1.165) is 29.8 Å². The minimum absolute atomic E-state index is 0.148. The lowest BCUT2D eigenvalue weighted by molar-refractivity contribution is -0.106. The maximum absolute atomic E-state index is 12.9. The Balaban J connectivity index is 2.01. The van der Waals surface area contributed by atoms with Crippen LogP contribution in [-0.4, -0.2) is 29.0 Å². The quantitative estimate of drug-likeness (QED) is 0.809. The number of carbonyl (C=O) groups is 1. The van der Waals surface area contributed by atoms with Gasteiger partial charge in [-0.2, -0.15) is 0 Å². The standard InChI is InChI=1S/C12H11FN2OS/c13-9-3-1-8(2-4-9)11-10(7-16)15-5-6-17-12(15)14-11/h1-4,7,12,14H,5-6H2. The fourth-order valence-corrected chi connectivity index (χ4v) is 3.28. The first kappa shape index (κ1) is 10.7. The van der Waals surface area contributed by atoms with E-state index in [2.05, 4.69) is 10.2 Å². The summed E-state index contributed by atoms with van der Waals surface area (Å²) in [5.74, 6) is 0.751. The summed E-state index contributed by atoms with van der Waals surface area (Å²) in [4.78, 5) is 13.2. The van der Waals surface area contributed by atoms with Gasteiger partial charge in [0.15, 0.2) is 6.29 Å². The van der Waals surface area contributed by atoms with Gasteiger partial charge in [0.1, 0.15) is 17.0 Å². The third-order valence-corrected chi connectivity index (χ3v) is 4.08. The van der Waals surface area contributed by atoms with Gasteiger partial charge in [-0.05, 0) is 24.3 Å². The zero-order valence-electron chi connectivity index (χ0n) is 9.02. The Morgan fingerprint density at radius 1 is 1.41 bits per heavy atom. The zero-order valence-corrected chi connectivity index (χ0v) is 9.84. The van der Waals surface area contributed by atoms with Crippen LogP contribution in [0.3, 0.4) is 0 Å². The lowest BCUT2D eigenvalue weighted by Crippen LogP contribution is -2.29. The monoisotopic (exact) mass is 250 g/mol. The molecule has 1 saturated heterocycles. The summed E-state index contributed by atoms with van der Waals surface area (Å²) in [6, 6.07) is 6.19. The highest BCUT2D eigenvalue weighted by atomic mass is 32.2. The minimum atomic E-state index is -0.269. The Morgan fingerprint density at radius 2 is 2.18 bits per heavy atom. The number of hydrogen-bond donors (Lipinski definition) is 1. The van der Waals surface area contributed by atoms with Gasteiger partial charge in [-0.15, -0.1) is 11.8 Å². The predicted octanol–water partition coefficient (Wildman–Crippen LogP) is 1.63. The number of nitrogens with one attached hydrogen (secondary N) is 1. The summed E-state index contributed by atoms with van der Waals surface area (Å²) in [6.45, 7) is 0.876. The first-order valence-corrected chi connectivity index (χ1v) is 6.44. The van der Waals surface area contributed by atoms with Crippen molar-refractivity contribution >= 4 is 23.7 Å². The van der Waals surface area contributed by atoms with Crippen molar-refractivity contribution in [3.05, 3.63) is 41.3 Å². The van der Waals surface area contributed by atoms with Gasteiger partial charge in [-0.3, -0.25) is 4.79 Å². The summed E-state index contributed by atoms with van der Waals surface area (Å²) in [5.41, 5.74) is 2.47. The Morgan fingerprint density at radius 3 is 2.88 bits per heavy atom. The fourth-order valence-electron chi connectivity index (χ4n) is 2.15. The van der Waals surface area contributed by atoms with E-state index in [0.29, 0.717) is 5.70 Å². The van der Waals surface area contributed by atoms with Crippen molar-refractivity contribution in [3.8, 4) is 0 Å². The maximum atomic E-state index is 12.9. The van der Waals surface area contributed by atoms with Crippen molar-refractivity contribution in [1.29, 1.82) is 0 Å². The number of carbonyl (C=O) groups excluding carboxylic acids is 1. The van der Waals surface area contributed by atoms with E-state index in [9.17, 15) is 9.18 Å². The molecule has 3 nitrogen and oxygen atoms in total. The van der Waals surface area contributed by atoms with E-state index < -0.39 is 0 Å². The largest absolute Gasteiger partial charge is 0.354 e. The van der Waals surface area contributed by atoms with Gasteiger partial charge in [0.2, 0.25) is 0 Å². The second-order valence-electron chi connectivity index (χ2n) is 3.95.